The molecule has 0 aliphatic carbocycles. The summed E-state index contributed by atoms with van der Waals surface area (Å²) in [7, 11) is -3.98. The Hall–Kier alpha value is -2.78. The van der Waals surface area contributed by atoms with E-state index in [4.69, 9.17) is 4.74 Å². The predicted molar refractivity (Wildman–Crippen MR) is 97.2 cm³/mol. The van der Waals surface area contributed by atoms with Crippen LogP contribution in [-0.2, 0) is 19.6 Å². The molecule has 0 aromatic heterocycles. The molecular weight excluding hydrogens is 375 g/mol. The van der Waals surface area contributed by atoms with Crippen molar-refractivity contribution >= 4 is 27.6 Å². The first-order valence-electron chi connectivity index (χ1n) is 8.09. The number of carbonyl (C=O) groups excluding carboxylic acids is 2. The molecule has 144 valence electrons. The van der Waals surface area contributed by atoms with Gasteiger partial charge in [-0.2, -0.15) is 4.72 Å². The minimum absolute atomic E-state index is 0.151. The van der Waals surface area contributed by atoms with E-state index in [0.29, 0.717) is 11.3 Å². The van der Waals surface area contributed by atoms with Gasteiger partial charge in [0.15, 0.2) is 0 Å². The molecule has 7 nitrogen and oxygen atoms in total. The molecule has 0 saturated heterocycles. The van der Waals surface area contributed by atoms with Crippen molar-refractivity contribution in [1.29, 1.82) is 0 Å². The van der Waals surface area contributed by atoms with Crippen molar-refractivity contribution in [2.75, 3.05) is 11.9 Å². The third-order valence-corrected chi connectivity index (χ3v) is 5.07. The van der Waals surface area contributed by atoms with Crippen LogP contribution in [-0.4, -0.2) is 32.9 Å². The van der Waals surface area contributed by atoms with Crippen LogP contribution >= 0.6 is 0 Å². The van der Waals surface area contributed by atoms with Gasteiger partial charge in [-0.25, -0.2) is 17.6 Å². The number of sulfonamides is 1. The fourth-order valence-corrected chi connectivity index (χ4v) is 3.33. The summed E-state index contributed by atoms with van der Waals surface area (Å²) < 4.78 is 44.5. The first kappa shape index (κ1) is 20.5. The van der Waals surface area contributed by atoms with Gasteiger partial charge in [0.2, 0.25) is 15.9 Å². The fourth-order valence-electron chi connectivity index (χ4n) is 2.12. The predicted octanol–water partition coefficient (Wildman–Crippen LogP) is 2.31. The van der Waals surface area contributed by atoms with E-state index in [1.165, 1.54) is 31.2 Å². The van der Waals surface area contributed by atoms with Crippen LogP contribution in [0.25, 0.3) is 0 Å². The number of amides is 1. The Kier molecular flexibility index (Phi) is 6.65. The van der Waals surface area contributed by atoms with Gasteiger partial charge < -0.3 is 10.1 Å². The van der Waals surface area contributed by atoms with Crippen LogP contribution in [0.3, 0.4) is 0 Å². The maximum atomic E-state index is 12.9. The van der Waals surface area contributed by atoms with Crippen molar-refractivity contribution in [3.05, 3.63) is 59.9 Å². The standard InChI is InChI=1S/C18H19FN2O5S/c1-3-26-18(23)13-4-8-15(9-5-13)20-17(22)12(2)21-27(24,25)16-10-6-14(19)7-11-16/h4-12,21H,3H2,1-2H3,(H,20,22). The molecule has 0 spiro atoms. The molecule has 0 saturated carbocycles. The summed E-state index contributed by atoms with van der Waals surface area (Å²) in [6, 6.07) is 9.16. The number of carbonyl (C=O) groups is 2. The van der Waals surface area contributed by atoms with Gasteiger partial charge in [0.05, 0.1) is 23.1 Å². The number of halogens is 1. The van der Waals surface area contributed by atoms with E-state index in [1.54, 1.807) is 6.92 Å². The highest BCUT2D eigenvalue weighted by Crippen LogP contribution is 2.13. The molecule has 27 heavy (non-hydrogen) atoms. The molecule has 0 heterocycles. The highest BCUT2D eigenvalue weighted by molar-refractivity contribution is 7.89. The van der Waals surface area contributed by atoms with E-state index in [2.05, 4.69) is 10.0 Å². The van der Waals surface area contributed by atoms with Crippen LogP contribution in [0.15, 0.2) is 53.4 Å². The lowest BCUT2D eigenvalue weighted by Gasteiger charge is -2.14. The zero-order chi connectivity index (χ0) is 20.0. The van der Waals surface area contributed by atoms with Gasteiger partial charge in [0.25, 0.3) is 0 Å². The van der Waals surface area contributed by atoms with Gasteiger partial charge in [0.1, 0.15) is 5.82 Å². The molecule has 2 aromatic carbocycles. The van der Waals surface area contributed by atoms with Crippen LogP contribution in [0.2, 0.25) is 0 Å². The van der Waals surface area contributed by atoms with Gasteiger partial charge in [-0.1, -0.05) is 0 Å². The Labute approximate surface area is 156 Å². The second-order valence-corrected chi connectivity index (χ2v) is 7.30. The lowest BCUT2D eigenvalue weighted by Crippen LogP contribution is -2.41. The molecule has 0 aliphatic heterocycles. The summed E-state index contributed by atoms with van der Waals surface area (Å²) in [5, 5.41) is 2.54. The summed E-state index contributed by atoms with van der Waals surface area (Å²) in [4.78, 5) is 23.6. The van der Waals surface area contributed by atoms with Gasteiger partial charge >= 0.3 is 5.97 Å². The number of hydrogen-bond acceptors (Lipinski definition) is 5. The summed E-state index contributed by atoms with van der Waals surface area (Å²) in [6.07, 6.45) is 0. The zero-order valence-corrected chi connectivity index (χ0v) is 15.5. The molecule has 2 N–H and O–H groups in total. The van der Waals surface area contributed by atoms with Crippen LogP contribution in [0.1, 0.15) is 24.2 Å². The average Bonchev–Trinajstić information content (AvgIpc) is 2.62. The molecule has 9 heteroatoms. The minimum Gasteiger partial charge on any atom is -0.462 e. The van der Waals surface area contributed by atoms with E-state index < -0.39 is 33.8 Å². The molecule has 1 unspecified atom stereocenters. The van der Waals surface area contributed by atoms with Crippen molar-refractivity contribution < 1.29 is 27.1 Å². The molecular formula is C18H19FN2O5S. The summed E-state index contributed by atoms with van der Waals surface area (Å²) in [5.41, 5.74) is 0.723. The molecule has 1 atom stereocenters. The third kappa shape index (κ3) is 5.60. The second-order valence-electron chi connectivity index (χ2n) is 5.58. The summed E-state index contributed by atoms with van der Waals surface area (Å²) in [5.74, 6) is -1.63. The number of nitrogens with one attached hydrogen (secondary N) is 2. The summed E-state index contributed by atoms with van der Waals surface area (Å²) in [6.45, 7) is 3.33. The van der Waals surface area contributed by atoms with Crippen LogP contribution in [0.4, 0.5) is 10.1 Å². The SMILES string of the molecule is CCOC(=O)c1ccc(NC(=O)C(C)NS(=O)(=O)c2ccc(F)cc2)cc1. The summed E-state index contributed by atoms with van der Waals surface area (Å²) >= 11 is 0. The quantitative estimate of drug-likeness (QED) is 0.702. The van der Waals surface area contributed by atoms with Crippen molar-refractivity contribution in [2.45, 2.75) is 24.8 Å². The van der Waals surface area contributed by atoms with Crippen molar-refractivity contribution in [3.8, 4) is 0 Å². The van der Waals surface area contributed by atoms with Crippen molar-refractivity contribution in [2.24, 2.45) is 0 Å². The van der Waals surface area contributed by atoms with Gasteiger partial charge in [-0.3, -0.25) is 4.79 Å². The monoisotopic (exact) mass is 394 g/mol. The Balaban J connectivity index is 2.01. The number of ether oxygens (including phenoxy) is 1. The Morgan fingerprint density at radius 3 is 2.22 bits per heavy atom. The Bertz CT molecular complexity index is 912. The lowest BCUT2D eigenvalue weighted by atomic mass is 10.2. The van der Waals surface area contributed by atoms with E-state index in [-0.39, 0.29) is 11.5 Å². The lowest BCUT2D eigenvalue weighted by molar-refractivity contribution is -0.117. The van der Waals surface area contributed by atoms with Crippen molar-refractivity contribution in [1.82, 2.24) is 4.72 Å². The van der Waals surface area contributed by atoms with Crippen LogP contribution in [0, 0.1) is 5.82 Å². The number of anilines is 1. The fraction of sp³-hybridized carbons (Fsp3) is 0.222. The number of rotatable bonds is 7. The maximum Gasteiger partial charge on any atom is 0.338 e. The highest BCUT2D eigenvalue weighted by atomic mass is 32.2. The third-order valence-electron chi connectivity index (χ3n) is 3.51. The molecule has 2 rings (SSSR count). The van der Waals surface area contributed by atoms with Crippen molar-refractivity contribution in [3.63, 3.8) is 0 Å². The van der Waals surface area contributed by atoms with Crippen LogP contribution < -0.4 is 10.0 Å². The Morgan fingerprint density at radius 2 is 1.67 bits per heavy atom. The van der Waals surface area contributed by atoms with E-state index in [0.717, 1.165) is 24.3 Å². The molecule has 2 aromatic rings. The largest absolute Gasteiger partial charge is 0.462 e. The molecule has 0 radical (unpaired) electrons. The van der Waals surface area contributed by atoms with Gasteiger partial charge in [-0.15, -0.1) is 0 Å². The molecule has 0 aliphatic rings. The number of esters is 1. The molecule has 0 fully saturated rings. The average molecular weight is 394 g/mol. The number of benzene rings is 2. The number of hydrogen-bond donors (Lipinski definition) is 2. The smallest absolute Gasteiger partial charge is 0.338 e. The van der Waals surface area contributed by atoms with E-state index in [9.17, 15) is 22.4 Å². The molecule has 1 amide bonds. The second kappa shape index (κ2) is 8.74. The normalized spacial score (nSPS) is 12.3. The maximum absolute atomic E-state index is 12.9. The topological polar surface area (TPSA) is 102 Å². The zero-order valence-electron chi connectivity index (χ0n) is 14.7. The highest BCUT2D eigenvalue weighted by Gasteiger charge is 2.22. The first-order valence-corrected chi connectivity index (χ1v) is 9.57. The van der Waals surface area contributed by atoms with Crippen LogP contribution in [0.5, 0.6) is 0 Å². The van der Waals surface area contributed by atoms with Gasteiger partial charge in [0, 0.05) is 5.69 Å². The Morgan fingerprint density at radius 1 is 1.07 bits per heavy atom. The van der Waals surface area contributed by atoms with E-state index in [1.807, 2.05) is 0 Å². The van der Waals surface area contributed by atoms with E-state index >= 15 is 0 Å². The minimum atomic E-state index is -3.98. The van der Waals surface area contributed by atoms with Gasteiger partial charge in [-0.05, 0) is 62.4 Å². The molecule has 0 bridgehead atoms. The first-order chi connectivity index (χ1) is 12.7.